The number of pyridine rings is 1. The van der Waals surface area contributed by atoms with Gasteiger partial charge in [-0.2, -0.15) is 11.8 Å². The van der Waals surface area contributed by atoms with Crippen molar-refractivity contribution in [3.05, 3.63) is 41.6 Å². The Labute approximate surface area is 130 Å². The van der Waals surface area contributed by atoms with Crippen molar-refractivity contribution < 1.29 is 0 Å². The molecule has 3 N–H and O–H groups in total. The minimum atomic E-state index is 0.210. The number of rotatable bonds is 5. The third-order valence-electron chi connectivity index (χ3n) is 4.26. The van der Waals surface area contributed by atoms with E-state index in [1.54, 1.807) is 0 Å². The van der Waals surface area contributed by atoms with Crippen LogP contribution in [0.1, 0.15) is 43.0 Å². The van der Waals surface area contributed by atoms with Gasteiger partial charge in [0.05, 0.1) is 11.6 Å². The van der Waals surface area contributed by atoms with Crippen LogP contribution in [0.25, 0.3) is 10.9 Å². The molecule has 0 saturated heterocycles. The molecule has 1 atom stereocenters. The zero-order chi connectivity index (χ0) is 14.7. The molecule has 1 aliphatic carbocycles. The summed E-state index contributed by atoms with van der Waals surface area (Å²) in [6, 6.07) is 10.9. The van der Waals surface area contributed by atoms with Gasteiger partial charge in [0.1, 0.15) is 0 Å². The molecule has 0 amide bonds. The number of hydrazine groups is 1. The molecule has 2 aromatic rings. The molecule has 3 rings (SSSR count). The highest BCUT2D eigenvalue weighted by molar-refractivity contribution is 7.99. The summed E-state index contributed by atoms with van der Waals surface area (Å²) >= 11 is 2.06. The second kappa shape index (κ2) is 6.77. The predicted molar refractivity (Wildman–Crippen MR) is 91.3 cm³/mol. The first-order chi connectivity index (χ1) is 10.3. The lowest BCUT2D eigenvalue weighted by Crippen LogP contribution is -2.30. The fraction of sp³-hybridized carbons (Fsp3) is 0.471. The van der Waals surface area contributed by atoms with Gasteiger partial charge in [-0.3, -0.25) is 16.3 Å². The Balaban J connectivity index is 1.74. The number of thioether (sulfide) groups is 1. The standard InChI is InChI=1S/C17H23N3S/c1-12-6-7-13-10-14(8-9-16(13)19-12)17(20-18)11-21-15-4-2-3-5-15/h6-10,15,17,20H,2-5,11,18H2,1H3. The number of aryl methyl sites for hydroxylation is 1. The van der Waals surface area contributed by atoms with Crippen molar-refractivity contribution in [3.63, 3.8) is 0 Å². The zero-order valence-electron chi connectivity index (χ0n) is 12.5. The van der Waals surface area contributed by atoms with E-state index in [-0.39, 0.29) is 6.04 Å². The first-order valence-corrected chi connectivity index (χ1v) is 8.76. The third-order valence-corrected chi connectivity index (χ3v) is 5.73. The molecule has 112 valence electrons. The van der Waals surface area contributed by atoms with Gasteiger partial charge in [0.25, 0.3) is 0 Å². The number of nitrogens with two attached hydrogens (primary N) is 1. The highest BCUT2D eigenvalue weighted by Gasteiger charge is 2.18. The topological polar surface area (TPSA) is 50.9 Å². The van der Waals surface area contributed by atoms with Crippen molar-refractivity contribution in [2.45, 2.75) is 43.9 Å². The van der Waals surface area contributed by atoms with Crippen LogP contribution < -0.4 is 11.3 Å². The molecule has 0 bridgehead atoms. The second-order valence-electron chi connectivity index (χ2n) is 5.86. The van der Waals surface area contributed by atoms with E-state index in [2.05, 4.69) is 52.5 Å². The largest absolute Gasteiger partial charge is 0.271 e. The molecule has 1 unspecified atom stereocenters. The monoisotopic (exact) mass is 301 g/mol. The minimum absolute atomic E-state index is 0.210. The van der Waals surface area contributed by atoms with Gasteiger partial charge in [-0.1, -0.05) is 25.0 Å². The van der Waals surface area contributed by atoms with Crippen LogP contribution in [0.2, 0.25) is 0 Å². The lowest BCUT2D eigenvalue weighted by atomic mass is 10.1. The summed E-state index contributed by atoms with van der Waals surface area (Å²) in [6.07, 6.45) is 5.50. The molecular weight excluding hydrogens is 278 g/mol. The average molecular weight is 301 g/mol. The summed E-state index contributed by atoms with van der Waals surface area (Å²) in [6.45, 7) is 2.02. The molecule has 1 fully saturated rings. The Kier molecular flexibility index (Phi) is 4.78. The van der Waals surface area contributed by atoms with Gasteiger partial charge in [0.15, 0.2) is 0 Å². The SMILES string of the molecule is Cc1ccc2cc(C(CSC3CCCC3)NN)ccc2n1. The van der Waals surface area contributed by atoms with Crippen LogP contribution in [-0.4, -0.2) is 16.0 Å². The quantitative estimate of drug-likeness (QED) is 0.653. The van der Waals surface area contributed by atoms with Crippen LogP contribution in [0.5, 0.6) is 0 Å². The van der Waals surface area contributed by atoms with Crippen LogP contribution in [0, 0.1) is 6.92 Å². The maximum absolute atomic E-state index is 5.78. The van der Waals surface area contributed by atoms with E-state index in [0.717, 1.165) is 22.2 Å². The summed E-state index contributed by atoms with van der Waals surface area (Å²) in [5.74, 6) is 6.81. The van der Waals surface area contributed by atoms with Gasteiger partial charge < -0.3 is 0 Å². The molecule has 0 spiro atoms. The molecule has 3 nitrogen and oxygen atoms in total. The van der Waals surface area contributed by atoms with Gasteiger partial charge in [-0.25, -0.2) is 0 Å². The first kappa shape index (κ1) is 14.8. The highest BCUT2D eigenvalue weighted by atomic mass is 32.2. The number of nitrogens with zero attached hydrogens (tertiary/aromatic N) is 1. The number of hydrogen-bond acceptors (Lipinski definition) is 4. The van der Waals surface area contributed by atoms with Crippen molar-refractivity contribution >= 4 is 22.7 Å². The lowest BCUT2D eigenvalue weighted by molar-refractivity contribution is 0.610. The van der Waals surface area contributed by atoms with E-state index in [0.29, 0.717) is 0 Å². The fourth-order valence-corrected chi connectivity index (χ4v) is 4.41. The van der Waals surface area contributed by atoms with Gasteiger partial charge in [0, 0.05) is 22.1 Å². The van der Waals surface area contributed by atoms with E-state index < -0.39 is 0 Å². The average Bonchev–Trinajstić information content (AvgIpc) is 3.01. The Morgan fingerprint density at radius 2 is 2.10 bits per heavy atom. The van der Waals surface area contributed by atoms with Crippen molar-refractivity contribution in [1.82, 2.24) is 10.4 Å². The van der Waals surface area contributed by atoms with Crippen LogP contribution >= 0.6 is 11.8 Å². The number of hydrogen-bond donors (Lipinski definition) is 2. The summed E-state index contributed by atoms with van der Waals surface area (Å²) < 4.78 is 0. The molecule has 4 heteroatoms. The van der Waals surface area contributed by atoms with E-state index in [4.69, 9.17) is 5.84 Å². The fourth-order valence-electron chi connectivity index (χ4n) is 2.99. The van der Waals surface area contributed by atoms with Crippen LogP contribution in [0.15, 0.2) is 30.3 Å². The van der Waals surface area contributed by atoms with E-state index >= 15 is 0 Å². The molecule has 1 saturated carbocycles. The van der Waals surface area contributed by atoms with Crippen LogP contribution in [0.3, 0.4) is 0 Å². The minimum Gasteiger partial charge on any atom is -0.271 e. The van der Waals surface area contributed by atoms with Crippen molar-refractivity contribution in [1.29, 1.82) is 0 Å². The van der Waals surface area contributed by atoms with Gasteiger partial charge in [-0.15, -0.1) is 0 Å². The molecule has 21 heavy (non-hydrogen) atoms. The van der Waals surface area contributed by atoms with Crippen molar-refractivity contribution in [2.75, 3.05) is 5.75 Å². The summed E-state index contributed by atoms with van der Waals surface area (Å²) in [4.78, 5) is 4.55. The molecule has 0 radical (unpaired) electrons. The number of benzene rings is 1. The molecule has 1 heterocycles. The Bertz CT molecular complexity index is 608. The second-order valence-corrected chi connectivity index (χ2v) is 7.20. The molecule has 1 aromatic carbocycles. The number of nitrogens with one attached hydrogen (secondary N) is 1. The Morgan fingerprint density at radius 1 is 1.29 bits per heavy atom. The summed E-state index contributed by atoms with van der Waals surface area (Å²) in [5.41, 5.74) is 6.34. The molecular formula is C17H23N3S. The zero-order valence-corrected chi connectivity index (χ0v) is 13.3. The number of fused-ring (bicyclic) bond motifs is 1. The normalized spacial score (nSPS) is 17.4. The molecule has 1 aromatic heterocycles. The molecule has 0 aliphatic heterocycles. The Hall–Kier alpha value is -1.10. The van der Waals surface area contributed by atoms with Crippen LogP contribution in [0.4, 0.5) is 0 Å². The van der Waals surface area contributed by atoms with Gasteiger partial charge >= 0.3 is 0 Å². The maximum atomic E-state index is 5.78. The summed E-state index contributed by atoms with van der Waals surface area (Å²) in [7, 11) is 0. The van der Waals surface area contributed by atoms with E-state index in [1.807, 2.05) is 6.92 Å². The predicted octanol–water partition coefficient (Wildman–Crippen LogP) is 3.72. The van der Waals surface area contributed by atoms with Crippen molar-refractivity contribution in [2.24, 2.45) is 5.84 Å². The van der Waals surface area contributed by atoms with Crippen molar-refractivity contribution in [3.8, 4) is 0 Å². The van der Waals surface area contributed by atoms with Gasteiger partial charge in [0.2, 0.25) is 0 Å². The van der Waals surface area contributed by atoms with E-state index in [1.165, 1.54) is 36.6 Å². The number of aromatic nitrogens is 1. The summed E-state index contributed by atoms with van der Waals surface area (Å²) in [5, 5.41) is 2.01. The Morgan fingerprint density at radius 3 is 2.86 bits per heavy atom. The van der Waals surface area contributed by atoms with E-state index in [9.17, 15) is 0 Å². The van der Waals surface area contributed by atoms with Crippen LogP contribution in [-0.2, 0) is 0 Å². The van der Waals surface area contributed by atoms with Gasteiger partial charge in [-0.05, 0) is 43.5 Å². The lowest BCUT2D eigenvalue weighted by Gasteiger charge is -2.18. The maximum Gasteiger partial charge on any atom is 0.0705 e. The molecule has 1 aliphatic rings. The first-order valence-electron chi connectivity index (χ1n) is 7.71. The highest BCUT2D eigenvalue weighted by Crippen LogP contribution is 2.32. The third kappa shape index (κ3) is 3.57. The smallest absolute Gasteiger partial charge is 0.0705 e.